The van der Waals surface area contributed by atoms with Gasteiger partial charge in [0.25, 0.3) is 0 Å². The van der Waals surface area contributed by atoms with Crippen LogP contribution in [-0.4, -0.2) is 47.9 Å². The van der Waals surface area contributed by atoms with E-state index in [2.05, 4.69) is 16.8 Å². The molecular formula is C20H28N2O4S. The summed E-state index contributed by atoms with van der Waals surface area (Å²) in [7, 11) is 0. The highest BCUT2D eigenvalue weighted by Crippen LogP contribution is 2.31. The van der Waals surface area contributed by atoms with E-state index in [4.69, 9.17) is 4.74 Å². The highest BCUT2D eigenvalue weighted by molar-refractivity contribution is 7.07. The van der Waals surface area contributed by atoms with Crippen molar-refractivity contribution in [3.05, 3.63) is 22.4 Å². The molecule has 0 saturated carbocycles. The molecule has 2 fully saturated rings. The Morgan fingerprint density at radius 2 is 2.30 bits per heavy atom. The summed E-state index contributed by atoms with van der Waals surface area (Å²) in [5.41, 5.74) is 0.874. The minimum Gasteiger partial charge on any atom is -0.466 e. The molecule has 2 unspecified atom stereocenters. The van der Waals surface area contributed by atoms with Gasteiger partial charge in [0.05, 0.1) is 12.5 Å². The number of ether oxygens (including phenoxy) is 1. The number of hydrogen-bond donors (Lipinski definition) is 1. The van der Waals surface area contributed by atoms with Crippen molar-refractivity contribution < 1.29 is 19.1 Å². The predicted octanol–water partition coefficient (Wildman–Crippen LogP) is 2.52. The van der Waals surface area contributed by atoms with Gasteiger partial charge in [-0.05, 0) is 61.4 Å². The Morgan fingerprint density at radius 1 is 1.44 bits per heavy atom. The van der Waals surface area contributed by atoms with Gasteiger partial charge in [0.2, 0.25) is 11.8 Å². The van der Waals surface area contributed by atoms with Crippen LogP contribution in [0.4, 0.5) is 0 Å². The van der Waals surface area contributed by atoms with Crippen LogP contribution in [0.1, 0.15) is 51.0 Å². The van der Waals surface area contributed by atoms with E-state index in [-0.39, 0.29) is 29.2 Å². The molecule has 2 atom stereocenters. The maximum atomic E-state index is 12.8. The minimum absolute atomic E-state index is 0.0647. The molecule has 2 amide bonds. The molecule has 0 spiro atoms. The lowest BCUT2D eigenvalue weighted by atomic mass is 9.85. The molecule has 148 valence electrons. The first-order chi connectivity index (χ1) is 13.0. The van der Waals surface area contributed by atoms with Gasteiger partial charge in [-0.2, -0.15) is 11.3 Å². The second-order valence-electron chi connectivity index (χ2n) is 7.57. The average molecular weight is 393 g/mol. The molecule has 2 saturated heterocycles. The van der Waals surface area contributed by atoms with Crippen molar-refractivity contribution in [1.29, 1.82) is 0 Å². The number of hydrogen-bond acceptors (Lipinski definition) is 5. The third-order valence-corrected chi connectivity index (χ3v) is 6.30. The number of likely N-dealkylation sites (tertiary alicyclic amines) is 1. The molecule has 27 heavy (non-hydrogen) atoms. The quantitative estimate of drug-likeness (QED) is 0.724. The van der Waals surface area contributed by atoms with E-state index in [1.54, 1.807) is 23.2 Å². The molecule has 6 nitrogen and oxygen atoms in total. The summed E-state index contributed by atoms with van der Waals surface area (Å²) in [6, 6.07) is 2.08. The Kier molecular flexibility index (Phi) is 6.52. The van der Waals surface area contributed by atoms with Crippen molar-refractivity contribution in [2.24, 2.45) is 5.92 Å². The highest BCUT2D eigenvalue weighted by Gasteiger charge is 2.38. The van der Waals surface area contributed by atoms with Crippen LogP contribution in [0, 0.1) is 5.92 Å². The molecule has 0 radical (unpaired) electrons. The van der Waals surface area contributed by atoms with E-state index in [0.29, 0.717) is 39.0 Å². The summed E-state index contributed by atoms with van der Waals surface area (Å²) in [6.07, 6.45) is 4.68. The summed E-state index contributed by atoms with van der Waals surface area (Å²) in [6.45, 7) is 3.31. The van der Waals surface area contributed by atoms with Crippen LogP contribution in [0.3, 0.4) is 0 Å². The summed E-state index contributed by atoms with van der Waals surface area (Å²) in [5, 5.41) is 7.26. The van der Waals surface area contributed by atoms with Crippen molar-refractivity contribution >= 4 is 29.1 Å². The lowest BCUT2D eigenvalue weighted by molar-refractivity contribution is -0.151. The van der Waals surface area contributed by atoms with Gasteiger partial charge in [-0.1, -0.05) is 0 Å². The van der Waals surface area contributed by atoms with Crippen LogP contribution in [0.2, 0.25) is 0 Å². The largest absolute Gasteiger partial charge is 0.466 e. The van der Waals surface area contributed by atoms with Gasteiger partial charge in [-0.25, -0.2) is 0 Å². The van der Waals surface area contributed by atoms with Crippen LogP contribution in [0.5, 0.6) is 0 Å². The smallest absolute Gasteiger partial charge is 0.310 e. The summed E-state index contributed by atoms with van der Waals surface area (Å²) >= 11 is 1.64. The molecule has 7 heteroatoms. The fourth-order valence-electron chi connectivity index (χ4n) is 4.13. The highest BCUT2D eigenvalue weighted by atomic mass is 32.1. The lowest BCUT2D eigenvalue weighted by Gasteiger charge is -2.33. The Hall–Kier alpha value is -1.89. The SMILES string of the molecule is CCOC(=O)C1CCCN(C(=O)CCC2(Cc3ccsc3)CCC(=O)N2)C1. The monoisotopic (exact) mass is 392 g/mol. The van der Waals surface area contributed by atoms with Crippen LogP contribution in [-0.2, 0) is 25.5 Å². The van der Waals surface area contributed by atoms with E-state index >= 15 is 0 Å². The molecule has 2 aliphatic rings. The Morgan fingerprint density at radius 3 is 2.96 bits per heavy atom. The third kappa shape index (κ3) is 5.09. The van der Waals surface area contributed by atoms with Gasteiger partial charge in [0, 0.05) is 31.5 Å². The fraction of sp³-hybridized carbons (Fsp3) is 0.650. The van der Waals surface area contributed by atoms with E-state index in [1.807, 2.05) is 5.38 Å². The second-order valence-corrected chi connectivity index (χ2v) is 8.35. The topological polar surface area (TPSA) is 75.7 Å². The van der Waals surface area contributed by atoms with Crippen molar-refractivity contribution in [2.45, 2.75) is 57.4 Å². The van der Waals surface area contributed by atoms with E-state index in [9.17, 15) is 14.4 Å². The normalized spacial score (nSPS) is 25.3. The van der Waals surface area contributed by atoms with Crippen molar-refractivity contribution in [1.82, 2.24) is 10.2 Å². The standard InChI is InChI=1S/C20H28N2O4S/c1-2-26-19(25)16-4-3-10-22(13-16)18(24)6-9-20(8-5-17(23)21-20)12-15-7-11-27-14-15/h7,11,14,16H,2-6,8-10,12-13H2,1H3,(H,21,23). The van der Waals surface area contributed by atoms with Crippen LogP contribution in [0.25, 0.3) is 0 Å². The van der Waals surface area contributed by atoms with Gasteiger partial charge in [-0.15, -0.1) is 0 Å². The zero-order chi connectivity index (χ0) is 19.3. The number of rotatable bonds is 7. The number of thiophene rings is 1. The predicted molar refractivity (Wildman–Crippen MR) is 103 cm³/mol. The van der Waals surface area contributed by atoms with Crippen LogP contribution < -0.4 is 5.32 Å². The lowest BCUT2D eigenvalue weighted by Crippen LogP contribution is -2.46. The molecule has 0 bridgehead atoms. The van der Waals surface area contributed by atoms with Crippen molar-refractivity contribution in [3.8, 4) is 0 Å². The molecule has 1 aromatic heterocycles. The zero-order valence-electron chi connectivity index (χ0n) is 15.9. The molecule has 3 heterocycles. The summed E-state index contributed by atoms with van der Waals surface area (Å²) < 4.78 is 5.11. The second kappa shape index (κ2) is 8.87. The number of amides is 2. The molecular weight excluding hydrogens is 364 g/mol. The first-order valence-electron chi connectivity index (χ1n) is 9.78. The van der Waals surface area contributed by atoms with Gasteiger partial charge >= 0.3 is 5.97 Å². The average Bonchev–Trinajstić information content (AvgIpc) is 3.30. The van der Waals surface area contributed by atoms with Crippen molar-refractivity contribution in [3.63, 3.8) is 0 Å². The first-order valence-corrected chi connectivity index (χ1v) is 10.7. The maximum absolute atomic E-state index is 12.8. The summed E-state index contributed by atoms with van der Waals surface area (Å²) in [4.78, 5) is 38.4. The Bertz CT molecular complexity index is 676. The third-order valence-electron chi connectivity index (χ3n) is 5.57. The number of esters is 1. The molecule has 0 aliphatic carbocycles. The first kappa shape index (κ1) is 19.9. The number of carbonyl (C=O) groups excluding carboxylic acids is 3. The molecule has 3 rings (SSSR count). The Labute approximate surface area is 164 Å². The molecule has 2 aliphatic heterocycles. The minimum atomic E-state index is -0.329. The fourth-order valence-corrected chi connectivity index (χ4v) is 4.80. The number of nitrogens with zero attached hydrogens (tertiary/aromatic N) is 1. The zero-order valence-corrected chi connectivity index (χ0v) is 16.7. The van der Waals surface area contributed by atoms with Crippen LogP contribution >= 0.6 is 11.3 Å². The van der Waals surface area contributed by atoms with Gasteiger partial charge < -0.3 is 15.0 Å². The Balaban J connectivity index is 1.57. The number of carbonyl (C=O) groups is 3. The van der Waals surface area contributed by atoms with Crippen LogP contribution in [0.15, 0.2) is 16.8 Å². The number of piperidine rings is 1. The van der Waals surface area contributed by atoms with Gasteiger partial charge in [-0.3, -0.25) is 14.4 Å². The molecule has 0 aromatic carbocycles. The van der Waals surface area contributed by atoms with E-state index in [1.165, 1.54) is 5.56 Å². The van der Waals surface area contributed by atoms with Gasteiger partial charge in [0.15, 0.2) is 0 Å². The van der Waals surface area contributed by atoms with E-state index in [0.717, 1.165) is 25.7 Å². The molecule has 1 N–H and O–H groups in total. The molecule has 1 aromatic rings. The number of nitrogens with one attached hydrogen (secondary N) is 1. The van der Waals surface area contributed by atoms with E-state index < -0.39 is 0 Å². The summed E-state index contributed by atoms with van der Waals surface area (Å²) in [5.74, 6) is -0.284. The maximum Gasteiger partial charge on any atom is 0.310 e. The van der Waals surface area contributed by atoms with Gasteiger partial charge in [0.1, 0.15) is 0 Å². The van der Waals surface area contributed by atoms with Crippen molar-refractivity contribution in [2.75, 3.05) is 19.7 Å².